The summed E-state index contributed by atoms with van der Waals surface area (Å²) in [7, 11) is 1.54. The summed E-state index contributed by atoms with van der Waals surface area (Å²) in [6.07, 6.45) is 7.97. The molecule has 2 aromatic carbocycles. The smallest absolute Gasteiger partial charge is 0.226 e. The van der Waals surface area contributed by atoms with Gasteiger partial charge in [0, 0.05) is 75.2 Å². The van der Waals surface area contributed by atoms with Crippen molar-refractivity contribution < 1.29 is 33.4 Å². The highest BCUT2D eigenvalue weighted by Crippen LogP contribution is 2.41. The number of carbonyl (C=O) groups is 5. The molecule has 57 heavy (non-hydrogen) atoms. The normalized spacial score (nSPS) is 17.5. The maximum atomic E-state index is 14.5. The first kappa shape index (κ1) is 46.7. The van der Waals surface area contributed by atoms with Gasteiger partial charge in [0.1, 0.15) is 36.5 Å². The Kier molecular flexibility index (Phi) is 20.4. The fourth-order valence-corrected chi connectivity index (χ4v) is 7.30. The zero-order valence-corrected chi connectivity index (χ0v) is 34.2. The Morgan fingerprint density at radius 2 is 1.51 bits per heavy atom. The third-order valence-electron chi connectivity index (χ3n) is 10.4. The Hall–Kier alpha value is -4.64. The average Bonchev–Trinajstić information content (AvgIpc) is 3.20. The summed E-state index contributed by atoms with van der Waals surface area (Å²) in [6, 6.07) is 10.5. The fraction of sp³-hybridized carbons (Fsp3) is 0.591. The van der Waals surface area contributed by atoms with Crippen LogP contribution in [0.3, 0.4) is 0 Å². The lowest BCUT2D eigenvalue weighted by atomic mass is 9.88. The second-order valence-corrected chi connectivity index (χ2v) is 15.1. The number of hydrogen-bond acceptors (Lipinski definition) is 11. The minimum atomic E-state index is -1.15. The number of Topliss-reactive ketones (excluding diaryl/α,β-unsaturated/α-hetero) is 3. The molecule has 0 spiro atoms. The Morgan fingerprint density at radius 1 is 0.877 bits per heavy atom. The van der Waals surface area contributed by atoms with Gasteiger partial charge in [0.2, 0.25) is 11.8 Å². The van der Waals surface area contributed by atoms with Crippen LogP contribution in [0.15, 0.2) is 36.4 Å². The number of nitrogens with one attached hydrogen (secondary N) is 1. The van der Waals surface area contributed by atoms with Crippen molar-refractivity contribution in [3.05, 3.63) is 47.5 Å². The minimum Gasteiger partial charge on any atom is -0.492 e. The third-order valence-corrected chi connectivity index (χ3v) is 10.4. The molecule has 0 aromatic heterocycles. The minimum absolute atomic E-state index is 0.0110. The number of nitrogens with two attached hydrogens (primary N) is 3. The number of carbonyl (C=O) groups excluding carboxylic acids is 5. The van der Waals surface area contributed by atoms with Gasteiger partial charge >= 0.3 is 0 Å². The molecule has 4 atom stereocenters. The Bertz CT molecular complexity index is 1690. The van der Waals surface area contributed by atoms with E-state index in [-0.39, 0.29) is 82.9 Å². The van der Waals surface area contributed by atoms with Crippen LogP contribution in [0, 0.1) is 23.2 Å². The lowest BCUT2D eigenvalue weighted by Gasteiger charge is -2.32. The predicted octanol–water partition coefficient (Wildman–Crippen LogP) is 5.10. The Balaban J connectivity index is 2.12. The Labute approximate surface area is 338 Å². The first-order valence-electron chi connectivity index (χ1n) is 20.6. The molecular formula is C44H64N6O7. The number of unbranched alkanes of at least 4 members (excludes halogenated alkanes) is 6. The van der Waals surface area contributed by atoms with E-state index >= 15 is 0 Å². The van der Waals surface area contributed by atoms with Crippen molar-refractivity contribution in [1.82, 2.24) is 10.2 Å². The molecule has 3 rings (SSSR count). The van der Waals surface area contributed by atoms with Crippen LogP contribution in [0.2, 0.25) is 0 Å². The van der Waals surface area contributed by atoms with Gasteiger partial charge in [-0.05, 0) is 61.2 Å². The lowest BCUT2D eigenvalue weighted by Crippen LogP contribution is -2.46. The van der Waals surface area contributed by atoms with Gasteiger partial charge in [0.25, 0.3) is 0 Å². The zero-order valence-electron chi connectivity index (χ0n) is 34.2. The summed E-state index contributed by atoms with van der Waals surface area (Å²) in [5, 5.41) is 12.0. The van der Waals surface area contributed by atoms with Gasteiger partial charge in [-0.2, -0.15) is 5.26 Å². The number of likely N-dealkylation sites (N-methyl/N-ethyl adjacent to an activating group) is 1. The van der Waals surface area contributed by atoms with Crippen molar-refractivity contribution in [2.24, 2.45) is 29.0 Å². The fourth-order valence-electron chi connectivity index (χ4n) is 7.30. The number of nitriles is 1. The highest BCUT2D eigenvalue weighted by atomic mass is 16.5. The number of ether oxygens (including phenoxy) is 2. The van der Waals surface area contributed by atoms with Gasteiger partial charge in [-0.1, -0.05) is 64.5 Å². The van der Waals surface area contributed by atoms with Crippen LogP contribution in [-0.4, -0.2) is 80.0 Å². The van der Waals surface area contributed by atoms with Gasteiger partial charge in [0.05, 0.1) is 12.1 Å². The van der Waals surface area contributed by atoms with E-state index in [1.807, 2.05) is 12.1 Å². The first-order valence-corrected chi connectivity index (χ1v) is 20.6. The van der Waals surface area contributed by atoms with Crippen LogP contribution in [-0.2, 0) is 30.4 Å². The standard InChI is InChI=1S/C44H64N6O7/c1-4-5-6-7-8-9-10-12-34(51)28-33(18-20-46)44(55)50(3)42-32-15-17-41(57-24-22-48)36(29-32)35-26-31(14-16-40(35)56-23-21-47)27-37(38(52)13-11-19-45)49-43(54)30(2)25-39(42)53/h14-17,26,29-30,33,37,42H,4-13,18,20-25,27-28,46-48H2,1-3H3,(H,49,54)/t30-,33-,37+,42+/m1/s1. The molecule has 2 aromatic rings. The van der Waals surface area contributed by atoms with E-state index in [4.69, 9.17) is 26.7 Å². The maximum absolute atomic E-state index is 14.5. The molecule has 0 saturated carbocycles. The molecule has 0 radical (unpaired) electrons. The van der Waals surface area contributed by atoms with Crippen molar-refractivity contribution in [3.63, 3.8) is 0 Å². The number of nitrogens with zero attached hydrogens (tertiary/aromatic N) is 2. The predicted molar refractivity (Wildman–Crippen MR) is 220 cm³/mol. The largest absolute Gasteiger partial charge is 0.492 e. The molecule has 4 bridgehead atoms. The van der Waals surface area contributed by atoms with Gasteiger partial charge in [-0.15, -0.1) is 0 Å². The Morgan fingerprint density at radius 3 is 2.14 bits per heavy atom. The highest BCUT2D eigenvalue weighted by Gasteiger charge is 2.36. The van der Waals surface area contributed by atoms with Crippen LogP contribution in [0.5, 0.6) is 11.5 Å². The van der Waals surface area contributed by atoms with Crippen LogP contribution < -0.4 is 32.0 Å². The molecule has 7 N–H and O–H groups in total. The number of ketones is 3. The molecule has 13 heteroatoms. The second kappa shape index (κ2) is 24.9. The van der Waals surface area contributed by atoms with Gasteiger partial charge < -0.3 is 36.9 Å². The number of amides is 2. The maximum Gasteiger partial charge on any atom is 0.226 e. The van der Waals surface area contributed by atoms with Crippen molar-refractivity contribution >= 4 is 29.2 Å². The summed E-state index contributed by atoms with van der Waals surface area (Å²) < 4.78 is 12.2. The summed E-state index contributed by atoms with van der Waals surface area (Å²) in [5.74, 6) is -2.33. The molecule has 2 amide bonds. The molecule has 0 fully saturated rings. The van der Waals surface area contributed by atoms with E-state index < -0.39 is 41.5 Å². The topological polar surface area (TPSA) is 221 Å². The molecule has 13 nitrogen and oxygen atoms in total. The summed E-state index contributed by atoms with van der Waals surface area (Å²) in [4.78, 5) is 70.5. The van der Waals surface area contributed by atoms with Crippen molar-refractivity contribution in [3.8, 4) is 28.7 Å². The molecule has 1 heterocycles. The summed E-state index contributed by atoms with van der Waals surface area (Å²) >= 11 is 0. The van der Waals surface area contributed by atoms with Gasteiger partial charge in [0.15, 0.2) is 11.6 Å². The molecule has 0 aliphatic carbocycles. The van der Waals surface area contributed by atoms with Crippen molar-refractivity contribution in [2.45, 2.75) is 116 Å². The molecule has 1 aliphatic heterocycles. The number of fused-ring (bicyclic) bond motifs is 5. The number of rotatable bonds is 23. The van der Waals surface area contributed by atoms with E-state index in [2.05, 4.69) is 12.2 Å². The quantitative estimate of drug-likeness (QED) is 0.109. The van der Waals surface area contributed by atoms with Gasteiger partial charge in [-0.25, -0.2) is 0 Å². The SMILES string of the molecule is CCCCCCCCCC(=O)C[C@@H](CCN)C(=O)N(C)[C@@H]1C(=O)C[C@@H](C)C(=O)N[C@H](C(=O)CCC#N)Cc2ccc(OCCN)c(c2)-c2cc1ccc2OCCN. The molecule has 0 saturated heterocycles. The van der Waals surface area contributed by atoms with E-state index in [9.17, 15) is 29.2 Å². The van der Waals surface area contributed by atoms with Gasteiger partial charge in [-0.3, -0.25) is 24.0 Å². The molecule has 312 valence electrons. The summed E-state index contributed by atoms with van der Waals surface area (Å²) in [6.45, 7) is 4.83. The monoisotopic (exact) mass is 788 g/mol. The van der Waals surface area contributed by atoms with E-state index in [1.165, 1.54) is 24.2 Å². The van der Waals surface area contributed by atoms with Crippen molar-refractivity contribution in [1.29, 1.82) is 5.26 Å². The second-order valence-electron chi connectivity index (χ2n) is 15.1. The average molecular weight is 789 g/mol. The van der Waals surface area contributed by atoms with Crippen LogP contribution in [0.25, 0.3) is 11.1 Å². The molecule has 1 aliphatic rings. The number of benzene rings is 2. The third kappa shape index (κ3) is 14.4. The van der Waals surface area contributed by atoms with Crippen molar-refractivity contribution in [2.75, 3.05) is 39.9 Å². The number of hydrogen-bond donors (Lipinski definition) is 4. The zero-order chi connectivity index (χ0) is 41.7. The van der Waals surface area contributed by atoms with Crippen LogP contribution in [0.1, 0.15) is 114 Å². The first-order chi connectivity index (χ1) is 27.5. The molecule has 0 unspecified atom stereocenters. The van der Waals surface area contributed by atoms with Crippen LogP contribution in [0.4, 0.5) is 0 Å². The lowest BCUT2D eigenvalue weighted by molar-refractivity contribution is -0.143. The van der Waals surface area contributed by atoms with Crippen LogP contribution >= 0.6 is 0 Å². The van der Waals surface area contributed by atoms with E-state index in [0.717, 1.165) is 25.7 Å². The van der Waals surface area contributed by atoms with E-state index in [0.29, 0.717) is 40.2 Å². The highest BCUT2D eigenvalue weighted by molar-refractivity contribution is 5.96. The van der Waals surface area contributed by atoms with E-state index in [1.54, 1.807) is 44.3 Å². The molecular weight excluding hydrogens is 725 g/mol. The summed E-state index contributed by atoms with van der Waals surface area (Å²) in [5.41, 5.74) is 19.9.